The maximum absolute atomic E-state index is 12.8. The zero-order valence-electron chi connectivity index (χ0n) is 11.3. The quantitative estimate of drug-likeness (QED) is 0.778. The molecule has 1 aromatic carbocycles. The van der Waals surface area contributed by atoms with Crippen LogP contribution in [0.4, 0.5) is 24.7 Å². The van der Waals surface area contributed by atoms with Crippen LogP contribution in [0.15, 0.2) is 36.4 Å². The normalized spacial score (nSPS) is 11.3. The minimum atomic E-state index is -4.48. The van der Waals surface area contributed by atoms with Crippen LogP contribution in [0.1, 0.15) is 5.56 Å². The molecule has 1 aromatic heterocycles. The average Bonchev–Trinajstić information content (AvgIpc) is 2.45. The number of halogens is 4. The Morgan fingerprint density at radius 3 is 2.52 bits per heavy atom. The van der Waals surface area contributed by atoms with Gasteiger partial charge in [-0.25, -0.2) is 4.98 Å². The molecule has 0 spiro atoms. The Labute approximate surface area is 124 Å². The van der Waals surface area contributed by atoms with Crippen molar-refractivity contribution in [2.24, 2.45) is 0 Å². The first kappa shape index (κ1) is 15.4. The Morgan fingerprint density at radius 2 is 1.90 bits per heavy atom. The largest absolute Gasteiger partial charge is 0.497 e. The molecule has 0 aliphatic carbocycles. The van der Waals surface area contributed by atoms with Gasteiger partial charge in [-0.3, -0.25) is 0 Å². The number of hydrogen-bond donors (Lipinski definition) is 0. The third kappa shape index (κ3) is 3.58. The van der Waals surface area contributed by atoms with Crippen molar-refractivity contribution in [2.45, 2.75) is 6.18 Å². The summed E-state index contributed by atoms with van der Waals surface area (Å²) >= 11 is 5.68. The molecule has 112 valence electrons. The van der Waals surface area contributed by atoms with E-state index < -0.39 is 11.7 Å². The second-order valence-electron chi connectivity index (χ2n) is 4.29. The Kier molecular flexibility index (Phi) is 4.27. The van der Waals surface area contributed by atoms with Crippen LogP contribution in [0, 0.1) is 0 Å². The third-order valence-electron chi connectivity index (χ3n) is 2.89. The first-order chi connectivity index (χ1) is 9.81. The molecule has 0 radical (unpaired) electrons. The van der Waals surface area contributed by atoms with E-state index in [9.17, 15) is 13.2 Å². The van der Waals surface area contributed by atoms with Gasteiger partial charge in [0.2, 0.25) is 0 Å². The van der Waals surface area contributed by atoms with Crippen molar-refractivity contribution >= 4 is 23.1 Å². The van der Waals surface area contributed by atoms with Crippen molar-refractivity contribution in [2.75, 3.05) is 19.1 Å². The topological polar surface area (TPSA) is 25.4 Å². The second kappa shape index (κ2) is 5.81. The summed E-state index contributed by atoms with van der Waals surface area (Å²) < 4.78 is 43.5. The molecule has 0 amide bonds. The molecule has 1 heterocycles. The van der Waals surface area contributed by atoms with E-state index >= 15 is 0 Å². The van der Waals surface area contributed by atoms with Crippen LogP contribution >= 0.6 is 11.6 Å². The molecule has 21 heavy (non-hydrogen) atoms. The predicted octanol–water partition coefficient (Wildman–Crippen LogP) is 4.53. The van der Waals surface area contributed by atoms with Crippen molar-refractivity contribution in [3.8, 4) is 5.75 Å². The molecule has 7 heteroatoms. The zero-order chi connectivity index (χ0) is 15.6. The minimum Gasteiger partial charge on any atom is -0.497 e. The minimum absolute atomic E-state index is 0.100. The van der Waals surface area contributed by atoms with E-state index in [0.717, 1.165) is 12.1 Å². The average molecular weight is 317 g/mol. The molecule has 0 atom stereocenters. The van der Waals surface area contributed by atoms with Gasteiger partial charge in [0.25, 0.3) is 0 Å². The van der Waals surface area contributed by atoms with E-state index in [1.54, 1.807) is 31.3 Å². The van der Waals surface area contributed by atoms with Gasteiger partial charge in [-0.1, -0.05) is 17.7 Å². The number of hydrogen-bond acceptors (Lipinski definition) is 3. The summed E-state index contributed by atoms with van der Waals surface area (Å²) in [6.07, 6.45) is -4.48. The number of pyridine rings is 1. The maximum Gasteiger partial charge on any atom is 0.416 e. The molecular formula is C14H12ClF3N2O. The Hall–Kier alpha value is -1.95. The van der Waals surface area contributed by atoms with Gasteiger partial charge < -0.3 is 9.64 Å². The standard InChI is InChI=1S/C14H12ClF3N2O/c1-20(10-4-3-5-11(8-10)21-2)13-7-9(14(16,17)18)6-12(15)19-13/h3-8H,1-2H3. The van der Waals surface area contributed by atoms with Crippen molar-refractivity contribution < 1.29 is 17.9 Å². The Morgan fingerprint density at radius 1 is 1.19 bits per heavy atom. The number of aromatic nitrogens is 1. The third-order valence-corrected chi connectivity index (χ3v) is 3.09. The lowest BCUT2D eigenvalue weighted by atomic mass is 10.2. The predicted molar refractivity (Wildman–Crippen MR) is 75.3 cm³/mol. The molecular weight excluding hydrogens is 305 g/mol. The first-order valence-corrected chi connectivity index (χ1v) is 6.31. The number of nitrogens with zero attached hydrogens (tertiary/aromatic N) is 2. The van der Waals surface area contributed by atoms with Gasteiger partial charge in [-0.2, -0.15) is 13.2 Å². The van der Waals surface area contributed by atoms with Gasteiger partial charge in [-0.15, -0.1) is 0 Å². The van der Waals surface area contributed by atoms with E-state index in [-0.39, 0.29) is 11.0 Å². The van der Waals surface area contributed by atoms with Gasteiger partial charge in [0.05, 0.1) is 12.7 Å². The molecule has 0 N–H and O–H groups in total. The summed E-state index contributed by atoms with van der Waals surface area (Å²) in [7, 11) is 3.12. The smallest absolute Gasteiger partial charge is 0.416 e. The SMILES string of the molecule is COc1cccc(N(C)c2cc(C(F)(F)F)cc(Cl)n2)c1. The monoisotopic (exact) mass is 316 g/mol. The van der Waals surface area contributed by atoms with Crippen LogP contribution in [0.5, 0.6) is 5.75 Å². The summed E-state index contributed by atoms with van der Waals surface area (Å²) in [5.74, 6) is 0.695. The molecule has 2 aromatic rings. The molecule has 0 aliphatic rings. The molecule has 0 saturated heterocycles. The molecule has 0 bridgehead atoms. The van der Waals surface area contributed by atoms with Crippen LogP contribution in [0.2, 0.25) is 5.15 Å². The molecule has 3 nitrogen and oxygen atoms in total. The summed E-state index contributed by atoms with van der Waals surface area (Å²) in [4.78, 5) is 5.43. The summed E-state index contributed by atoms with van der Waals surface area (Å²) in [5.41, 5.74) is -0.204. The van der Waals surface area contributed by atoms with Gasteiger partial charge in [0.15, 0.2) is 0 Å². The highest BCUT2D eigenvalue weighted by molar-refractivity contribution is 6.29. The number of methoxy groups -OCH3 is 1. The van der Waals surface area contributed by atoms with Crippen molar-refractivity contribution in [1.82, 2.24) is 4.98 Å². The fourth-order valence-corrected chi connectivity index (χ4v) is 1.97. The van der Waals surface area contributed by atoms with Crippen molar-refractivity contribution in [3.63, 3.8) is 0 Å². The van der Waals surface area contributed by atoms with Gasteiger partial charge in [-0.05, 0) is 24.3 Å². The van der Waals surface area contributed by atoms with Crippen LogP contribution < -0.4 is 9.64 Å². The summed E-state index contributed by atoms with van der Waals surface area (Å²) in [6.45, 7) is 0. The zero-order valence-corrected chi connectivity index (χ0v) is 12.0. The van der Waals surface area contributed by atoms with Crippen LogP contribution in [-0.2, 0) is 6.18 Å². The molecule has 0 fully saturated rings. The highest BCUT2D eigenvalue weighted by Crippen LogP contribution is 2.34. The number of ether oxygens (including phenoxy) is 1. The number of anilines is 2. The van der Waals surface area contributed by atoms with E-state index in [2.05, 4.69) is 4.98 Å². The van der Waals surface area contributed by atoms with Crippen LogP contribution in [0.25, 0.3) is 0 Å². The highest BCUT2D eigenvalue weighted by Gasteiger charge is 2.32. The molecule has 0 saturated carbocycles. The van der Waals surface area contributed by atoms with Crippen LogP contribution in [-0.4, -0.2) is 19.1 Å². The van der Waals surface area contributed by atoms with E-state index in [1.165, 1.54) is 12.0 Å². The fraction of sp³-hybridized carbons (Fsp3) is 0.214. The lowest BCUT2D eigenvalue weighted by molar-refractivity contribution is -0.137. The molecule has 0 aliphatic heterocycles. The summed E-state index contributed by atoms with van der Waals surface area (Å²) in [6, 6.07) is 8.65. The first-order valence-electron chi connectivity index (χ1n) is 5.94. The lowest BCUT2D eigenvalue weighted by Crippen LogP contribution is -2.14. The maximum atomic E-state index is 12.8. The van der Waals surface area contributed by atoms with E-state index in [1.807, 2.05) is 0 Å². The van der Waals surface area contributed by atoms with E-state index in [4.69, 9.17) is 16.3 Å². The van der Waals surface area contributed by atoms with Crippen molar-refractivity contribution in [1.29, 1.82) is 0 Å². The number of rotatable bonds is 3. The number of alkyl halides is 3. The highest BCUT2D eigenvalue weighted by atomic mass is 35.5. The Balaban J connectivity index is 2.43. The van der Waals surface area contributed by atoms with Crippen molar-refractivity contribution in [3.05, 3.63) is 47.1 Å². The van der Waals surface area contributed by atoms with Gasteiger partial charge in [0, 0.05) is 18.8 Å². The molecule has 0 unspecified atom stereocenters. The van der Waals surface area contributed by atoms with Gasteiger partial charge >= 0.3 is 6.18 Å². The fourth-order valence-electron chi connectivity index (χ4n) is 1.77. The van der Waals surface area contributed by atoms with Crippen LogP contribution in [0.3, 0.4) is 0 Å². The van der Waals surface area contributed by atoms with E-state index in [0.29, 0.717) is 11.4 Å². The Bertz CT molecular complexity index is 646. The summed E-state index contributed by atoms with van der Waals surface area (Å²) in [5, 5.41) is -0.213. The molecule has 2 rings (SSSR count). The van der Waals surface area contributed by atoms with Gasteiger partial charge in [0.1, 0.15) is 16.7 Å². The lowest BCUT2D eigenvalue weighted by Gasteiger charge is -2.20. The number of benzene rings is 1. The second-order valence-corrected chi connectivity index (χ2v) is 4.68.